The molecular weight excluding hydrogens is 382 g/mol. The number of benzene rings is 3. The number of aromatic amines is 1. The quantitative estimate of drug-likeness (QED) is 0.253. The van der Waals surface area contributed by atoms with Gasteiger partial charge in [0.1, 0.15) is 0 Å². The van der Waals surface area contributed by atoms with Gasteiger partial charge in [0.2, 0.25) is 0 Å². The number of carbonyl (C=O) groups is 1. The lowest BCUT2D eigenvalue weighted by Crippen LogP contribution is -2.13. The largest absolute Gasteiger partial charge is 0.397 e. The van der Waals surface area contributed by atoms with Crippen molar-refractivity contribution in [1.82, 2.24) is 9.55 Å². The molecule has 4 aromatic rings. The number of hydrogen-bond acceptors (Lipinski definition) is 3. The minimum absolute atomic E-state index is 0.218. The summed E-state index contributed by atoms with van der Waals surface area (Å²) in [7, 11) is 0. The lowest BCUT2D eigenvalue weighted by atomic mass is 10.1. The second-order valence-corrected chi connectivity index (χ2v) is 6.95. The fraction of sp³-hybridized carbons (Fsp3) is 0.0455. The van der Waals surface area contributed by atoms with Crippen LogP contribution in [0.5, 0.6) is 0 Å². The first-order valence-corrected chi connectivity index (χ1v) is 9.31. The summed E-state index contributed by atoms with van der Waals surface area (Å²) in [6, 6.07) is 20.0. The van der Waals surface area contributed by atoms with E-state index in [-0.39, 0.29) is 5.91 Å². The van der Waals surface area contributed by atoms with Gasteiger partial charge in [-0.2, -0.15) is 0 Å². The summed E-state index contributed by atoms with van der Waals surface area (Å²) in [5, 5.41) is 2.82. The van der Waals surface area contributed by atoms with Crippen molar-refractivity contribution >= 4 is 46.2 Å². The van der Waals surface area contributed by atoms with Gasteiger partial charge in [0.15, 0.2) is 10.5 Å². The van der Waals surface area contributed by atoms with Gasteiger partial charge in [-0.15, -0.1) is 0 Å². The number of fused-ring (bicyclic) bond motifs is 1. The summed E-state index contributed by atoms with van der Waals surface area (Å²) in [5.74, 6) is -0.218. The van der Waals surface area contributed by atoms with Gasteiger partial charge in [0.25, 0.3) is 5.91 Å². The Balaban J connectivity index is 1.55. The Bertz CT molecular complexity index is 1310. The number of nitrogens with two attached hydrogens (primary N) is 1. The van der Waals surface area contributed by atoms with E-state index in [2.05, 4.69) is 15.1 Å². The van der Waals surface area contributed by atoms with Gasteiger partial charge < -0.3 is 20.6 Å². The second kappa shape index (κ2) is 7.62. The van der Waals surface area contributed by atoms with Gasteiger partial charge in [0.05, 0.1) is 35.5 Å². The second-order valence-electron chi connectivity index (χ2n) is 6.57. The molecule has 0 unspecified atom stereocenters. The topological polar surface area (TPSA) is 80.2 Å². The maximum Gasteiger partial charge on any atom is 0.255 e. The van der Waals surface area contributed by atoms with E-state index in [4.69, 9.17) is 24.5 Å². The van der Waals surface area contributed by atoms with Gasteiger partial charge in [0, 0.05) is 5.56 Å². The monoisotopic (exact) mass is 399 g/mol. The van der Waals surface area contributed by atoms with Crippen molar-refractivity contribution in [2.45, 2.75) is 6.54 Å². The molecule has 0 aliphatic heterocycles. The highest BCUT2D eigenvalue weighted by Gasteiger charge is 2.09. The molecule has 0 aliphatic carbocycles. The summed E-state index contributed by atoms with van der Waals surface area (Å²) < 4.78 is 2.56. The molecule has 0 aliphatic rings. The molecule has 3 aromatic carbocycles. The van der Waals surface area contributed by atoms with Gasteiger partial charge >= 0.3 is 0 Å². The van der Waals surface area contributed by atoms with Crippen LogP contribution in [-0.4, -0.2) is 15.5 Å². The number of aromatic nitrogens is 2. The van der Waals surface area contributed by atoms with Crippen molar-refractivity contribution in [3.8, 4) is 0 Å². The molecule has 1 aromatic heterocycles. The molecule has 6 nitrogen and oxygen atoms in total. The van der Waals surface area contributed by atoms with Crippen molar-refractivity contribution in [3.63, 3.8) is 0 Å². The molecule has 4 rings (SSSR count). The van der Waals surface area contributed by atoms with Crippen LogP contribution in [0.3, 0.4) is 0 Å². The van der Waals surface area contributed by atoms with Crippen LogP contribution >= 0.6 is 12.2 Å². The predicted octanol–water partition coefficient (Wildman–Crippen LogP) is 5.13. The molecule has 0 saturated heterocycles. The van der Waals surface area contributed by atoms with Gasteiger partial charge in [-0.3, -0.25) is 4.79 Å². The molecule has 0 radical (unpaired) electrons. The lowest BCUT2D eigenvalue weighted by molar-refractivity contribution is 0.102. The molecule has 142 valence electrons. The summed E-state index contributed by atoms with van der Waals surface area (Å²) in [4.78, 5) is 19.1. The summed E-state index contributed by atoms with van der Waals surface area (Å²) in [5.41, 5.74) is 10.9. The van der Waals surface area contributed by atoms with E-state index >= 15 is 0 Å². The number of nitrogens with zero attached hydrogens (tertiary/aromatic N) is 2. The molecule has 29 heavy (non-hydrogen) atoms. The Morgan fingerprint density at radius 2 is 1.90 bits per heavy atom. The van der Waals surface area contributed by atoms with Crippen LogP contribution in [-0.2, 0) is 6.54 Å². The zero-order chi connectivity index (χ0) is 20.4. The fourth-order valence-electron chi connectivity index (χ4n) is 3.13. The van der Waals surface area contributed by atoms with E-state index in [1.165, 1.54) is 0 Å². The van der Waals surface area contributed by atoms with Crippen LogP contribution in [0, 0.1) is 11.3 Å². The van der Waals surface area contributed by atoms with Crippen LogP contribution in [0.15, 0.2) is 66.7 Å². The number of para-hydroxylation sites is 2. The van der Waals surface area contributed by atoms with E-state index in [0.29, 0.717) is 33.9 Å². The smallest absolute Gasteiger partial charge is 0.255 e. The average molecular weight is 399 g/mol. The molecule has 0 atom stereocenters. The van der Waals surface area contributed by atoms with E-state index < -0.39 is 0 Å². The molecule has 1 amide bonds. The number of nitrogen functional groups attached to an aromatic ring is 1. The van der Waals surface area contributed by atoms with E-state index in [1.807, 2.05) is 34.9 Å². The average Bonchev–Trinajstić information content (AvgIpc) is 3.04. The first-order chi connectivity index (χ1) is 14.0. The van der Waals surface area contributed by atoms with Crippen molar-refractivity contribution < 1.29 is 4.79 Å². The molecule has 0 spiro atoms. The van der Waals surface area contributed by atoms with Crippen molar-refractivity contribution in [3.05, 3.63) is 94.0 Å². The zero-order valence-corrected chi connectivity index (χ0v) is 16.2. The number of carbonyl (C=O) groups excluding carboxylic acids is 1. The third-order valence-electron chi connectivity index (χ3n) is 4.65. The van der Waals surface area contributed by atoms with Crippen molar-refractivity contribution in [2.75, 3.05) is 11.1 Å². The normalized spacial score (nSPS) is 10.6. The zero-order valence-electron chi connectivity index (χ0n) is 15.3. The number of amides is 1. The summed E-state index contributed by atoms with van der Waals surface area (Å²) in [6.07, 6.45) is 0. The standard InChI is InChI=1S/C22H17N5OS/c1-24-16-10-11-20-19(12-16)26-22(29)27(20)13-14-6-8-15(9-7-14)21(28)25-18-5-3-2-4-17(18)23/h2-12H,13,23H2,(H,25,28)(H,26,29). The van der Waals surface area contributed by atoms with Gasteiger partial charge in [-0.1, -0.05) is 30.3 Å². The van der Waals surface area contributed by atoms with E-state index in [1.54, 1.807) is 36.4 Å². The molecule has 4 N–H and O–H groups in total. The van der Waals surface area contributed by atoms with Crippen LogP contribution in [0.1, 0.15) is 15.9 Å². The number of H-pyrrole nitrogens is 1. The Labute approximate surface area is 172 Å². The number of hydrogen-bond donors (Lipinski definition) is 3. The van der Waals surface area contributed by atoms with Crippen molar-refractivity contribution in [2.24, 2.45) is 0 Å². The molecule has 1 heterocycles. The number of anilines is 2. The maximum atomic E-state index is 12.5. The number of imidazole rings is 1. The first kappa shape index (κ1) is 18.5. The van der Waals surface area contributed by atoms with Crippen LogP contribution < -0.4 is 11.1 Å². The predicted molar refractivity (Wildman–Crippen MR) is 118 cm³/mol. The Morgan fingerprint density at radius 3 is 2.62 bits per heavy atom. The highest BCUT2D eigenvalue weighted by molar-refractivity contribution is 7.71. The molecule has 0 saturated carbocycles. The maximum absolute atomic E-state index is 12.5. The summed E-state index contributed by atoms with van der Waals surface area (Å²) in [6.45, 7) is 7.69. The number of rotatable bonds is 4. The minimum Gasteiger partial charge on any atom is -0.397 e. The van der Waals surface area contributed by atoms with E-state index in [9.17, 15) is 4.79 Å². The third-order valence-corrected chi connectivity index (χ3v) is 4.98. The minimum atomic E-state index is -0.218. The molecule has 7 heteroatoms. The first-order valence-electron chi connectivity index (χ1n) is 8.90. The fourth-order valence-corrected chi connectivity index (χ4v) is 3.40. The van der Waals surface area contributed by atoms with E-state index in [0.717, 1.165) is 16.6 Å². The number of nitrogens with one attached hydrogen (secondary N) is 2. The SMILES string of the molecule is [C-]#[N+]c1ccc2c(c1)[nH]c(=S)n2Cc1ccc(C(=O)Nc2ccccc2N)cc1. The van der Waals surface area contributed by atoms with Crippen LogP contribution in [0.2, 0.25) is 0 Å². The summed E-state index contributed by atoms with van der Waals surface area (Å²) >= 11 is 5.44. The Kier molecular flexibility index (Phi) is 4.85. The molecule has 0 bridgehead atoms. The highest BCUT2D eigenvalue weighted by Crippen LogP contribution is 2.22. The highest BCUT2D eigenvalue weighted by atomic mass is 32.1. The van der Waals surface area contributed by atoms with Crippen LogP contribution in [0.25, 0.3) is 15.9 Å². The lowest BCUT2D eigenvalue weighted by Gasteiger charge is -2.09. The van der Waals surface area contributed by atoms with Gasteiger partial charge in [-0.25, -0.2) is 4.85 Å². The van der Waals surface area contributed by atoms with Crippen molar-refractivity contribution in [1.29, 1.82) is 0 Å². The molecule has 0 fully saturated rings. The molecular formula is C22H17N5OS. The Hall–Kier alpha value is -3.89. The van der Waals surface area contributed by atoms with Gasteiger partial charge in [-0.05, 0) is 54.2 Å². The Morgan fingerprint density at radius 1 is 1.14 bits per heavy atom. The van der Waals surface area contributed by atoms with Crippen LogP contribution in [0.4, 0.5) is 17.1 Å². The third kappa shape index (κ3) is 3.74.